The first-order valence-corrected chi connectivity index (χ1v) is 12.6. The standard InChI is InChI=1S/C26H33N5O3.C2H6/c1-2-30(19-28-17-23(26(33)34)15-22-8-9-24(27)29-16-22)18-25(32)31-12-10-21(11-13-31)14-20-6-4-3-5-7-20;1-2/h2-9,16,19,21,23H,1,10-15,17-18H2,(H2,27,29)(H,33,34);1-2H3. The fraction of sp³-hybridized carbons (Fsp3) is 0.429. The molecule has 2 heterocycles. The van der Waals surface area contributed by atoms with Gasteiger partial charge in [0.25, 0.3) is 0 Å². The van der Waals surface area contributed by atoms with E-state index in [4.69, 9.17) is 5.73 Å². The third-order valence-electron chi connectivity index (χ3n) is 6.12. The molecule has 3 N–H and O–H groups in total. The highest BCUT2D eigenvalue weighted by Gasteiger charge is 2.23. The zero-order valence-corrected chi connectivity index (χ0v) is 21.4. The van der Waals surface area contributed by atoms with E-state index in [-0.39, 0.29) is 19.0 Å². The van der Waals surface area contributed by atoms with E-state index in [2.05, 4.69) is 40.8 Å². The summed E-state index contributed by atoms with van der Waals surface area (Å²) in [5.74, 6) is -0.637. The highest BCUT2D eigenvalue weighted by Crippen LogP contribution is 2.21. The van der Waals surface area contributed by atoms with Crippen LogP contribution in [0.15, 0.2) is 66.4 Å². The first-order valence-electron chi connectivity index (χ1n) is 12.6. The van der Waals surface area contributed by atoms with Crippen molar-refractivity contribution in [3.8, 4) is 0 Å². The summed E-state index contributed by atoms with van der Waals surface area (Å²) in [7, 11) is 0. The summed E-state index contributed by atoms with van der Waals surface area (Å²) in [5, 5.41) is 9.53. The number of amides is 1. The van der Waals surface area contributed by atoms with Gasteiger partial charge in [0.1, 0.15) is 12.4 Å². The molecule has 1 unspecified atom stereocenters. The first kappa shape index (κ1) is 28.6. The van der Waals surface area contributed by atoms with Crippen molar-refractivity contribution >= 4 is 24.0 Å². The summed E-state index contributed by atoms with van der Waals surface area (Å²) in [4.78, 5) is 36.2. The minimum Gasteiger partial charge on any atom is -0.481 e. The molecule has 1 aromatic carbocycles. The summed E-state index contributed by atoms with van der Waals surface area (Å²) in [6.07, 6.45) is 7.92. The van der Waals surface area contributed by atoms with Gasteiger partial charge in [-0.2, -0.15) is 0 Å². The summed E-state index contributed by atoms with van der Waals surface area (Å²) in [6, 6.07) is 13.9. The number of piperidine rings is 1. The number of benzene rings is 1. The van der Waals surface area contributed by atoms with Gasteiger partial charge in [-0.05, 0) is 55.0 Å². The highest BCUT2D eigenvalue weighted by atomic mass is 16.4. The van der Waals surface area contributed by atoms with Crippen molar-refractivity contribution < 1.29 is 14.7 Å². The topological polar surface area (TPSA) is 112 Å². The van der Waals surface area contributed by atoms with Crippen LogP contribution in [0.1, 0.15) is 37.8 Å². The Labute approximate surface area is 214 Å². The summed E-state index contributed by atoms with van der Waals surface area (Å²) in [5.41, 5.74) is 7.70. The Morgan fingerprint density at radius 1 is 1.19 bits per heavy atom. The number of hydrogen-bond donors (Lipinski definition) is 2. The normalized spacial score (nSPS) is 14.6. The maximum atomic E-state index is 12.8. The second-order valence-electron chi connectivity index (χ2n) is 8.68. The van der Waals surface area contributed by atoms with Crippen LogP contribution in [0.25, 0.3) is 0 Å². The van der Waals surface area contributed by atoms with Crippen molar-refractivity contribution in [2.24, 2.45) is 16.8 Å². The van der Waals surface area contributed by atoms with E-state index in [0.717, 1.165) is 37.9 Å². The van der Waals surface area contributed by atoms with Gasteiger partial charge < -0.3 is 20.6 Å². The predicted octanol–water partition coefficient (Wildman–Crippen LogP) is 3.89. The maximum absolute atomic E-state index is 12.8. The van der Waals surface area contributed by atoms with Crippen LogP contribution < -0.4 is 5.73 Å². The minimum absolute atomic E-state index is 0.0206. The molecule has 0 radical (unpaired) electrons. The van der Waals surface area contributed by atoms with E-state index in [1.165, 1.54) is 18.1 Å². The molecule has 36 heavy (non-hydrogen) atoms. The Morgan fingerprint density at radius 3 is 2.47 bits per heavy atom. The van der Waals surface area contributed by atoms with Crippen molar-refractivity contribution in [2.45, 2.75) is 39.5 Å². The lowest BCUT2D eigenvalue weighted by atomic mass is 9.90. The molecular formula is C28H39N5O3. The molecule has 0 bridgehead atoms. The number of rotatable bonds is 11. The third kappa shape index (κ3) is 9.52. The Morgan fingerprint density at radius 2 is 1.89 bits per heavy atom. The minimum atomic E-state index is -0.937. The quantitative estimate of drug-likeness (QED) is 0.363. The van der Waals surface area contributed by atoms with Crippen LogP contribution in [0.2, 0.25) is 0 Å². The van der Waals surface area contributed by atoms with Gasteiger partial charge in [0, 0.05) is 19.3 Å². The highest BCUT2D eigenvalue weighted by molar-refractivity contribution is 5.81. The molecule has 0 spiro atoms. The van der Waals surface area contributed by atoms with Crippen molar-refractivity contribution in [1.29, 1.82) is 0 Å². The van der Waals surface area contributed by atoms with Gasteiger partial charge in [0.15, 0.2) is 0 Å². The van der Waals surface area contributed by atoms with Crippen molar-refractivity contribution in [3.05, 3.63) is 72.6 Å². The lowest BCUT2D eigenvalue weighted by Crippen LogP contribution is -2.43. The molecule has 1 aliphatic heterocycles. The molecule has 0 saturated carbocycles. The van der Waals surface area contributed by atoms with E-state index in [0.29, 0.717) is 18.2 Å². The Kier molecular flexibility index (Phi) is 12.2. The first-order chi connectivity index (χ1) is 17.4. The fourth-order valence-electron chi connectivity index (χ4n) is 4.09. The molecule has 1 fully saturated rings. The number of anilines is 1. The van der Waals surface area contributed by atoms with Crippen LogP contribution in [-0.4, -0.2) is 64.3 Å². The van der Waals surface area contributed by atoms with E-state index in [9.17, 15) is 14.7 Å². The van der Waals surface area contributed by atoms with Crippen molar-refractivity contribution in [1.82, 2.24) is 14.8 Å². The van der Waals surface area contributed by atoms with Gasteiger partial charge in [-0.25, -0.2) is 4.98 Å². The number of carboxylic acid groups (broad SMARTS) is 1. The third-order valence-corrected chi connectivity index (χ3v) is 6.12. The summed E-state index contributed by atoms with van der Waals surface area (Å²) < 4.78 is 0. The monoisotopic (exact) mass is 493 g/mol. The number of carboxylic acids is 1. The number of hydrogen-bond acceptors (Lipinski definition) is 5. The second kappa shape index (κ2) is 15.3. The van der Waals surface area contributed by atoms with Crippen LogP contribution in [-0.2, 0) is 22.4 Å². The number of aliphatic imine (C=N–C) groups is 1. The lowest BCUT2D eigenvalue weighted by Gasteiger charge is -2.33. The average Bonchev–Trinajstić information content (AvgIpc) is 2.90. The van der Waals surface area contributed by atoms with Crippen molar-refractivity contribution in [2.75, 3.05) is 31.9 Å². The molecule has 0 aliphatic carbocycles. The second-order valence-corrected chi connectivity index (χ2v) is 8.68. The number of nitrogen functional groups attached to an aromatic ring is 1. The summed E-state index contributed by atoms with van der Waals surface area (Å²) in [6.45, 7) is 9.47. The van der Waals surface area contributed by atoms with Crippen LogP contribution in [0, 0.1) is 11.8 Å². The van der Waals surface area contributed by atoms with Crippen LogP contribution in [0.5, 0.6) is 0 Å². The summed E-state index contributed by atoms with van der Waals surface area (Å²) >= 11 is 0. The molecule has 1 atom stereocenters. The molecule has 1 aliphatic rings. The van der Waals surface area contributed by atoms with Crippen LogP contribution in [0.4, 0.5) is 5.82 Å². The largest absolute Gasteiger partial charge is 0.481 e. The van der Waals surface area contributed by atoms with Gasteiger partial charge in [-0.1, -0.05) is 56.8 Å². The number of pyridine rings is 1. The fourth-order valence-corrected chi connectivity index (χ4v) is 4.09. The number of likely N-dealkylation sites (tertiary alicyclic amines) is 1. The van der Waals surface area contributed by atoms with Crippen LogP contribution >= 0.6 is 0 Å². The number of aliphatic carboxylic acids is 1. The molecule has 1 amide bonds. The van der Waals surface area contributed by atoms with E-state index in [1.807, 2.05) is 24.8 Å². The number of nitrogens with zero attached hydrogens (tertiary/aromatic N) is 4. The number of carbonyl (C=O) groups is 2. The average molecular weight is 494 g/mol. The van der Waals surface area contributed by atoms with Crippen LogP contribution in [0.3, 0.4) is 0 Å². The van der Waals surface area contributed by atoms with Gasteiger partial charge >= 0.3 is 5.97 Å². The molecule has 1 aromatic heterocycles. The van der Waals surface area contributed by atoms with Gasteiger partial charge in [-0.3, -0.25) is 14.6 Å². The number of carbonyl (C=O) groups excluding carboxylic acids is 1. The molecule has 8 nitrogen and oxygen atoms in total. The van der Waals surface area contributed by atoms with E-state index in [1.54, 1.807) is 23.2 Å². The lowest BCUT2D eigenvalue weighted by molar-refractivity contribution is -0.141. The van der Waals surface area contributed by atoms with E-state index < -0.39 is 11.9 Å². The molecule has 8 heteroatoms. The molecule has 3 rings (SSSR count). The maximum Gasteiger partial charge on any atom is 0.308 e. The number of nitrogens with two attached hydrogens (primary N) is 1. The predicted molar refractivity (Wildman–Crippen MR) is 145 cm³/mol. The number of aromatic nitrogens is 1. The zero-order chi connectivity index (χ0) is 26.3. The Balaban J connectivity index is 0.00000222. The smallest absolute Gasteiger partial charge is 0.308 e. The molecule has 2 aromatic rings. The van der Waals surface area contributed by atoms with Gasteiger partial charge in [0.2, 0.25) is 5.91 Å². The molecule has 1 saturated heterocycles. The van der Waals surface area contributed by atoms with Gasteiger partial charge in [0.05, 0.1) is 18.8 Å². The molecule has 194 valence electrons. The SMILES string of the molecule is C=CN(C=NCC(Cc1ccc(N)nc1)C(=O)O)CC(=O)N1CCC(Cc2ccccc2)CC1.CC. The molecular weight excluding hydrogens is 454 g/mol. The van der Waals surface area contributed by atoms with Gasteiger partial charge in [-0.15, -0.1) is 0 Å². The Bertz CT molecular complexity index is 970. The van der Waals surface area contributed by atoms with E-state index >= 15 is 0 Å². The van der Waals surface area contributed by atoms with Crippen molar-refractivity contribution in [3.63, 3.8) is 0 Å². The zero-order valence-electron chi connectivity index (χ0n) is 21.4. The Hall–Kier alpha value is -3.68.